The Morgan fingerprint density at radius 2 is 1.70 bits per heavy atom. The van der Waals surface area contributed by atoms with Crippen LogP contribution >= 0.6 is 0 Å². The highest BCUT2D eigenvalue weighted by molar-refractivity contribution is 5.67. The Bertz CT molecular complexity index is 525. The molecule has 0 aliphatic rings. The lowest BCUT2D eigenvalue weighted by Crippen LogP contribution is -2.03. The zero-order valence-electron chi connectivity index (χ0n) is 12.2. The smallest absolute Gasteiger partial charge is 0.0400 e. The lowest BCUT2D eigenvalue weighted by atomic mass is 10.1. The van der Waals surface area contributed by atoms with Gasteiger partial charge in [0.25, 0.3) is 0 Å². The molecule has 0 radical (unpaired) electrons. The van der Waals surface area contributed by atoms with Gasteiger partial charge in [-0.2, -0.15) is 0 Å². The molecule has 2 aromatic carbocycles. The maximum atomic E-state index is 4.14. The van der Waals surface area contributed by atoms with Gasteiger partial charge in [-0.15, -0.1) is 0 Å². The lowest BCUT2D eigenvalue weighted by molar-refractivity contribution is 0.795. The van der Waals surface area contributed by atoms with Crippen molar-refractivity contribution < 1.29 is 0 Å². The molecule has 1 heteroatoms. The number of benzene rings is 2. The molecule has 1 nitrogen and oxygen atoms in total. The van der Waals surface area contributed by atoms with Gasteiger partial charge in [-0.25, -0.2) is 0 Å². The quantitative estimate of drug-likeness (QED) is 0.729. The fourth-order valence-corrected chi connectivity index (χ4v) is 2.15. The van der Waals surface area contributed by atoms with Gasteiger partial charge in [-0.1, -0.05) is 62.4 Å². The summed E-state index contributed by atoms with van der Waals surface area (Å²) in [6, 6.07) is 19.0. The van der Waals surface area contributed by atoms with E-state index in [1.54, 1.807) is 0 Å². The van der Waals surface area contributed by atoms with Crippen molar-refractivity contribution in [1.29, 1.82) is 0 Å². The molecule has 1 N–H and O–H groups in total. The Morgan fingerprint density at radius 1 is 1.00 bits per heavy atom. The van der Waals surface area contributed by atoms with Gasteiger partial charge in [0.15, 0.2) is 0 Å². The minimum atomic E-state index is 0.776. The molecule has 104 valence electrons. The summed E-state index contributed by atoms with van der Waals surface area (Å²) in [5, 5.41) is 3.43. The molecule has 0 spiro atoms. The van der Waals surface area contributed by atoms with Crippen molar-refractivity contribution in [3.63, 3.8) is 0 Å². The molecule has 0 aromatic heterocycles. The molecule has 2 aromatic rings. The first-order chi connectivity index (χ1) is 9.79. The first-order valence-electron chi connectivity index (χ1n) is 7.35. The fourth-order valence-electron chi connectivity index (χ4n) is 2.15. The van der Waals surface area contributed by atoms with E-state index >= 15 is 0 Å². The molecule has 2 rings (SSSR count). The summed E-state index contributed by atoms with van der Waals surface area (Å²) < 4.78 is 0. The van der Waals surface area contributed by atoms with Gasteiger partial charge in [0.05, 0.1) is 0 Å². The molecule has 0 fully saturated rings. The summed E-state index contributed by atoms with van der Waals surface area (Å²) in [4.78, 5) is 0. The van der Waals surface area contributed by atoms with Crippen LogP contribution < -0.4 is 5.32 Å². The van der Waals surface area contributed by atoms with Crippen LogP contribution in [-0.4, -0.2) is 6.54 Å². The summed E-state index contributed by atoms with van der Waals surface area (Å²) in [5.41, 5.74) is 4.88. The van der Waals surface area contributed by atoms with Crippen LogP contribution in [0.4, 0.5) is 5.69 Å². The van der Waals surface area contributed by atoms with E-state index in [2.05, 4.69) is 55.2 Å². The molecule has 0 atom stereocenters. The highest BCUT2D eigenvalue weighted by atomic mass is 14.9. The normalized spacial score (nSPS) is 10.2. The van der Waals surface area contributed by atoms with Gasteiger partial charge in [-0.3, -0.25) is 0 Å². The van der Waals surface area contributed by atoms with Crippen LogP contribution in [-0.2, 0) is 6.42 Å². The second kappa shape index (κ2) is 7.54. The first-order valence-corrected chi connectivity index (χ1v) is 7.35. The Kier molecular flexibility index (Phi) is 5.43. The van der Waals surface area contributed by atoms with Crippen molar-refractivity contribution in [2.45, 2.75) is 26.2 Å². The van der Waals surface area contributed by atoms with Crippen LogP contribution in [0.5, 0.6) is 0 Å². The Balaban J connectivity index is 1.86. The van der Waals surface area contributed by atoms with Gasteiger partial charge >= 0.3 is 0 Å². The second-order valence-electron chi connectivity index (χ2n) is 5.12. The molecule has 20 heavy (non-hydrogen) atoms. The van der Waals surface area contributed by atoms with Crippen LogP contribution in [0.15, 0.2) is 61.2 Å². The number of anilines is 1. The molecule has 0 amide bonds. The minimum Gasteiger partial charge on any atom is -0.381 e. The van der Waals surface area contributed by atoms with Gasteiger partial charge in [0.1, 0.15) is 0 Å². The van der Waals surface area contributed by atoms with E-state index in [4.69, 9.17) is 0 Å². The maximum Gasteiger partial charge on any atom is 0.0400 e. The summed E-state index contributed by atoms with van der Waals surface area (Å²) in [7, 11) is 0. The lowest BCUT2D eigenvalue weighted by Gasteiger charge is -2.10. The van der Waals surface area contributed by atoms with Crippen molar-refractivity contribution >= 4 is 11.3 Å². The first kappa shape index (κ1) is 14.4. The van der Waals surface area contributed by atoms with Crippen molar-refractivity contribution in [2.75, 3.05) is 11.9 Å². The van der Waals surface area contributed by atoms with E-state index in [0.717, 1.165) is 17.8 Å². The Labute approximate surface area is 122 Å². The van der Waals surface area contributed by atoms with Gasteiger partial charge in [-0.05, 0) is 41.7 Å². The van der Waals surface area contributed by atoms with Gasteiger partial charge in [0, 0.05) is 12.2 Å². The molecule has 0 saturated carbocycles. The largest absolute Gasteiger partial charge is 0.381 e. The monoisotopic (exact) mass is 265 g/mol. The van der Waals surface area contributed by atoms with E-state index in [1.165, 1.54) is 30.4 Å². The summed E-state index contributed by atoms with van der Waals surface area (Å²) in [6.07, 6.45) is 3.68. The van der Waals surface area contributed by atoms with Gasteiger partial charge < -0.3 is 5.32 Å². The standard InChI is InChI=1S/C19H23N/c1-3-4-8-17-11-13-19(14-12-17)20-15-16(2)18-9-6-5-7-10-18/h5-7,9-14,20H,2-4,8,15H2,1H3. The van der Waals surface area contributed by atoms with Crippen LogP contribution in [0, 0.1) is 0 Å². The van der Waals surface area contributed by atoms with E-state index in [9.17, 15) is 0 Å². The van der Waals surface area contributed by atoms with E-state index in [-0.39, 0.29) is 0 Å². The number of nitrogens with one attached hydrogen (secondary N) is 1. The van der Waals surface area contributed by atoms with Crippen LogP contribution in [0.2, 0.25) is 0 Å². The number of hydrogen-bond acceptors (Lipinski definition) is 1. The third-order valence-electron chi connectivity index (χ3n) is 3.46. The molecular weight excluding hydrogens is 242 g/mol. The Morgan fingerprint density at radius 3 is 2.35 bits per heavy atom. The average Bonchev–Trinajstić information content (AvgIpc) is 2.52. The third kappa shape index (κ3) is 4.27. The molecule has 0 bridgehead atoms. The predicted molar refractivity (Wildman–Crippen MR) is 89.0 cm³/mol. The summed E-state index contributed by atoms with van der Waals surface area (Å²) in [5.74, 6) is 0. The van der Waals surface area contributed by atoms with E-state index in [0.29, 0.717) is 0 Å². The van der Waals surface area contributed by atoms with Crippen LogP contribution in [0.25, 0.3) is 5.57 Å². The van der Waals surface area contributed by atoms with E-state index in [1.807, 2.05) is 18.2 Å². The van der Waals surface area contributed by atoms with Crippen molar-refractivity contribution in [3.8, 4) is 0 Å². The topological polar surface area (TPSA) is 12.0 Å². The van der Waals surface area contributed by atoms with Crippen molar-refractivity contribution in [2.24, 2.45) is 0 Å². The summed E-state index contributed by atoms with van der Waals surface area (Å²) in [6.45, 7) is 7.14. The van der Waals surface area contributed by atoms with Crippen molar-refractivity contribution in [3.05, 3.63) is 72.3 Å². The maximum absolute atomic E-state index is 4.14. The number of unbranched alkanes of at least 4 members (excludes halogenated alkanes) is 1. The molecule has 0 aliphatic carbocycles. The Hall–Kier alpha value is -2.02. The van der Waals surface area contributed by atoms with Gasteiger partial charge in [0.2, 0.25) is 0 Å². The van der Waals surface area contributed by atoms with Crippen molar-refractivity contribution in [1.82, 2.24) is 0 Å². The van der Waals surface area contributed by atoms with Crippen LogP contribution in [0.3, 0.4) is 0 Å². The molecule has 0 aliphatic heterocycles. The predicted octanol–water partition coefficient (Wildman–Crippen LogP) is 5.15. The minimum absolute atomic E-state index is 0.776. The fraction of sp³-hybridized carbons (Fsp3) is 0.263. The second-order valence-corrected chi connectivity index (χ2v) is 5.12. The SMILES string of the molecule is C=C(CNc1ccc(CCCC)cc1)c1ccccc1. The molecular formula is C19H23N. The zero-order valence-corrected chi connectivity index (χ0v) is 12.2. The highest BCUT2D eigenvalue weighted by Gasteiger charge is 1.99. The summed E-state index contributed by atoms with van der Waals surface area (Å²) >= 11 is 0. The average molecular weight is 265 g/mol. The number of aryl methyl sites for hydroxylation is 1. The van der Waals surface area contributed by atoms with Crippen LogP contribution in [0.1, 0.15) is 30.9 Å². The van der Waals surface area contributed by atoms with E-state index < -0.39 is 0 Å². The third-order valence-corrected chi connectivity index (χ3v) is 3.46. The molecule has 0 saturated heterocycles. The number of hydrogen-bond donors (Lipinski definition) is 1. The highest BCUT2D eigenvalue weighted by Crippen LogP contribution is 2.15. The molecule has 0 unspecified atom stereocenters. The molecule has 0 heterocycles. The zero-order chi connectivity index (χ0) is 14.2. The number of rotatable bonds is 7.